The summed E-state index contributed by atoms with van der Waals surface area (Å²) in [5.41, 5.74) is 0.376. The van der Waals surface area contributed by atoms with Gasteiger partial charge in [-0.1, -0.05) is 12.1 Å². The van der Waals surface area contributed by atoms with Crippen molar-refractivity contribution in [3.63, 3.8) is 0 Å². The Labute approximate surface area is 96.7 Å². The van der Waals surface area contributed by atoms with Crippen molar-refractivity contribution in [3.05, 3.63) is 41.5 Å². The van der Waals surface area contributed by atoms with Crippen molar-refractivity contribution in [2.24, 2.45) is 0 Å². The van der Waals surface area contributed by atoms with Crippen LogP contribution in [-0.2, 0) is 15.7 Å². The Balaban J connectivity index is 2.96. The highest BCUT2D eigenvalue weighted by Gasteiger charge is 2.29. The molecule has 0 heterocycles. The summed E-state index contributed by atoms with van der Waals surface area (Å²) in [7, 11) is 1.23. The van der Waals surface area contributed by atoms with E-state index >= 15 is 0 Å². The molecule has 5 heteroatoms. The van der Waals surface area contributed by atoms with Crippen LogP contribution in [0.3, 0.4) is 0 Å². The zero-order valence-corrected chi connectivity index (χ0v) is 9.34. The maximum atomic E-state index is 12.3. The Morgan fingerprint density at radius 1 is 1.24 bits per heavy atom. The second-order valence-corrected chi connectivity index (χ2v) is 3.43. The predicted molar refractivity (Wildman–Crippen MR) is 57.1 cm³/mol. The maximum absolute atomic E-state index is 12.3. The van der Waals surface area contributed by atoms with Gasteiger partial charge >= 0.3 is 12.1 Å². The molecule has 92 valence electrons. The van der Waals surface area contributed by atoms with Crippen LogP contribution in [0, 0.1) is 0 Å². The molecule has 0 unspecified atom stereocenters. The Hall–Kier alpha value is -1.78. The highest BCUT2D eigenvalue weighted by molar-refractivity contribution is 5.90. The third kappa shape index (κ3) is 3.62. The summed E-state index contributed by atoms with van der Waals surface area (Å²) in [5.74, 6) is -0.539. The van der Waals surface area contributed by atoms with Crippen LogP contribution in [0.2, 0.25) is 0 Å². The van der Waals surface area contributed by atoms with Crippen LogP contribution in [0.5, 0.6) is 0 Å². The number of hydrogen-bond acceptors (Lipinski definition) is 2. The number of ether oxygens (including phenoxy) is 1. The molecule has 0 saturated carbocycles. The van der Waals surface area contributed by atoms with Gasteiger partial charge in [0.25, 0.3) is 0 Å². The monoisotopic (exact) mass is 244 g/mol. The fraction of sp³-hybridized carbons (Fsp3) is 0.250. The molecule has 0 aliphatic carbocycles. The van der Waals surface area contributed by atoms with E-state index in [9.17, 15) is 18.0 Å². The van der Waals surface area contributed by atoms with Crippen LogP contribution in [-0.4, -0.2) is 13.1 Å². The lowest BCUT2D eigenvalue weighted by Crippen LogP contribution is -2.04. The number of esters is 1. The van der Waals surface area contributed by atoms with Gasteiger partial charge in [-0.15, -0.1) is 0 Å². The molecule has 0 spiro atoms. The van der Waals surface area contributed by atoms with E-state index in [2.05, 4.69) is 4.74 Å². The molecule has 0 fully saturated rings. The Kier molecular flexibility index (Phi) is 3.93. The van der Waals surface area contributed by atoms with Gasteiger partial charge in [-0.3, -0.25) is 0 Å². The van der Waals surface area contributed by atoms with Crippen molar-refractivity contribution >= 4 is 11.5 Å². The van der Waals surface area contributed by atoms with Crippen LogP contribution in [0.4, 0.5) is 13.2 Å². The SMILES string of the molecule is COC(=O)/C=C(\C)c1ccc(C(F)(F)F)cc1. The van der Waals surface area contributed by atoms with Crippen LogP contribution >= 0.6 is 0 Å². The summed E-state index contributed by atoms with van der Waals surface area (Å²) in [6.07, 6.45) is -3.12. The van der Waals surface area contributed by atoms with Gasteiger partial charge in [-0.2, -0.15) is 13.2 Å². The van der Waals surface area contributed by atoms with Gasteiger partial charge in [-0.25, -0.2) is 4.79 Å². The first-order chi connectivity index (χ1) is 7.84. The average molecular weight is 244 g/mol. The largest absolute Gasteiger partial charge is 0.466 e. The number of halogens is 3. The highest BCUT2D eigenvalue weighted by atomic mass is 19.4. The first kappa shape index (κ1) is 13.3. The molecule has 0 N–H and O–H groups in total. The summed E-state index contributed by atoms with van der Waals surface area (Å²) < 4.78 is 41.3. The predicted octanol–water partition coefficient (Wildman–Crippen LogP) is 3.28. The van der Waals surface area contributed by atoms with Crippen molar-refractivity contribution in [3.8, 4) is 0 Å². The van der Waals surface area contributed by atoms with E-state index in [-0.39, 0.29) is 0 Å². The molecule has 0 radical (unpaired) electrons. The molecule has 0 bridgehead atoms. The van der Waals surface area contributed by atoms with Crippen molar-refractivity contribution in [2.75, 3.05) is 7.11 Å². The van der Waals surface area contributed by atoms with E-state index in [1.165, 1.54) is 25.3 Å². The smallest absolute Gasteiger partial charge is 0.416 e. The summed E-state index contributed by atoms with van der Waals surface area (Å²) in [6, 6.07) is 4.59. The number of benzene rings is 1. The fourth-order valence-electron chi connectivity index (χ4n) is 1.24. The Bertz CT molecular complexity index is 430. The van der Waals surface area contributed by atoms with Gasteiger partial charge in [-0.05, 0) is 30.2 Å². The number of methoxy groups -OCH3 is 1. The zero-order valence-electron chi connectivity index (χ0n) is 9.34. The van der Waals surface area contributed by atoms with Crippen molar-refractivity contribution < 1.29 is 22.7 Å². The molecule has 0 saturated heterocycles. The van der Waals surface area contributed by atoms with Crippen LogP contribution in [0.1, 0.15) is 18.1 Å². The van der Waals surface area contributed by atoms with Crippen LogP contribution < -0.4 is 0 Å². The Morgan fingerprint density at radius 2 is 1.76 bits per heavy atom. The minimum atomic E-state index is -4.35. The lowest BCUT2D eigenvalue weighted by Gasteiger charge is -2.07. The highest BCUT2D eigenvalue weighted by Crippen LogP contribution is 2.29. The molecule has 1 rings (SSSR count). The van der Waals surface area contributed by atoms with E-state index < -0.39 is 17.7 Å². The maximum Gasteiger partial charge on any atom is 0.416 e. The van der Waals surface area contributed by atoms with E-state index in [1.807, 2.05) is 0 Å². The molecule has 2 nitrogen and oxygen atoms in total. The summed E-state index contributed by atoms with van der Waals surface area (Å²) in [5, 5.41) is 0. The third-order valence-electron chi connectivity index (χ3n) is 2.20. The van der Waals surface area contributed by atoms with Crippen molar-refractivity contribution in [2.45, 2.75) is 13.1 Å². The topological polar surface area (TPSA) is 26.3 Å². The molecule has 17 heavy (non-hydrogen) atoms. The van der Waals surface area contributed by atoms with Crippen LogP contribution in [0.25, 0.3) is 5.57 Å². The minimum absolute atomic E-state index is 0.539. The molecule has 0 amide bonds. The molecule has 0 aromatic heterocycles. The molecule has 0 atom stereocenters. The lowest BCUT2D eigenvalue weighted by molar-refractivity contribution is -0.137. The van der Waals surface area contributed by atoms with E-state index in [0.29, 0.717) is 11.1 Å². The Morgan fingerprint density at radius 3 is 2.18 bits per heavy atom. The number of carbonyl (C=O) groups is 1. The zero-order chi connectivity index (χ0) is 13.1. The summed E-state index contributed by atoms with van der Waals surface area (Å²) in [6.45, 7) is 1.62. The first-order valence-electron chi connectivity index (χ1n) is 4.78. The minimum Gasteiger partial charge on any atom is -0.466 e. The third-order valence-corrected chi connectivity index (χ3v) is 2.20. The van der Waals surface area contributed by atoms with Crippen LogP contribution in [0.15, 0.2) is 30.3 Å². The lowest BCUT2D eigenvalue weighted by atomic mass is 10.0. The summed E-state index contributed by atoms with van der Waals surface area (Å²) in [4.78, 5) is 10.9. The van der Waals surface area contributed by atoms with Gasteiger partial charge < -0.3 is 4.74 Å². The molecular weight excluding hydrogens is 233 g/mol. The first-order valence-corrected chi connectivity index (χ1v) is 4.78. The van der Waals surface area contributed by atoms with Gasteiger partial charge in [0.05, 0.1) is 12.7 Å². The fourth-order valence-corrected chi connectivity index (χ4v) is 1.24. The normalized spacial score (nSPS) is 12.4. The molecule has 0 aliphatic heterocycles. The second kappa shape index (κ2) is 5.03. The van der Waals surface area contributed by atoms with E-state index in [1.54, 1.807) is 6.92 Å². The van der Waals surface area contributed by atoms with E-state index in [4.69, 9.17) is 0 Å². The molecule has 1 aromatic carbocycles. The number of rotatable bonds is 2. The summed E-state index contributed by atoms with van der Waals surface area (Å²) >= 11 is 0. The molecule has 1 aromatic rings. The van der Waals surface area contributed by atoms with Crippen molar-refractivity contribution in [1.29, 1.82) is 0 Å². The molecular formula is C12H11F3O2. The second-order valence-electron chi connectivity index (χ2n) is 3.43. The van der Waals surface area contributed by atoms with Crippen molar-refractivity contribution in [1.82, 2.24) is 0 Å². The standard InChI is InChI=1S/C12H11F3O2/c1-8(7-11(16)17-2)9-3-5-10(6-4-9)12(13,14)15/h3-7H,1-2H3/b8-7+. The van der Waals surface area contributed by atoms with Gasteiger partial charge in [0.2, 0.25) is 0 Å². The van der Waals surface area contributed by atoms with Gasteiger partial charge in [0.1, 0.15) is 0 Å². The van der Waals surface area contributed by atoms with Gasteiger partial charge in [0.15, 0.2) is 0 Å². The quantitative estimate of drug-likeness (QED) is 0.589. The average Bonchev–Trinajstić information content (AvgIpc) is 2.27. The number of hydrogen-bond donors (Lipinski definition) is 0. The number of alkyl halides is 3. The van der Waals surface area contributed by atoms with Gasteiger partial charge in [0, 0.05) is 6.08 Å². The number of carbonyl (C=O) groups excluding carboxylic acids is 1. The van der Waals surface area contributed by atoms with E-state index in [0.717, 1.165) is 12.1 Å². The molecule has 0 aliphatic rings. The number of allylic oxidation sites excluding steroid dienone is 1.